The SMILES string of the molecule is Cc1ccc(C2=Cc3c(cc4c(c3-c3ccc5ccccc5c3)CCC4)C2)o1.[Zr]. The van der Waals surface area contributed by atoms with E-state index in [0.717, 1.165) is 17.9 Å². The Kier molecular flexibility index (Phi) is 4.71. The van der Waals surface area contributed by atoms with Crippen molar-refractivity contribution in [3.63, 3.8) is 0 Å². The smallest absolute Gasteiger partial charge is 0.130 e. The molecule has 0 aliphatic heterocycles. The van der Waals surface area contributed by atoms with Crippen molar-refractivity contribution < 1.29 is 30.6 Å². The Bertz CT molecular complexity index is 1280. The molecule has 0 fully saturated rings. The van der Waals surface area contributed by atoms with Gasteiger partial charge in [-0.25, -0.2) is 0 Å². The molecular formula is C27H22OZr. The van der Waals surface area contributed by atoms with Crippen molar-refractivity contribution >= 4 is 22.4 Å². The fraction of sp³-hybridized carbons (Fsp3) is 0.185. The van der Waals surface area contributed by atoms with E-state index in [1.165, 1.54) is 57.9 Å². The first kappa shape index (κ1) is 18.8. The van der Waals surface area contributed by atoms with Gasteiger partial charge in [-0.05, 0) is 100 Å². The molecule has 2 aliphatic carbocycles. The summed E-state index contributed by atoms with van der Waals surface area (Å²) in [4.78, 5) is 0. The average molecular weight is 454 g/mol. The molecule has 0 radical (unpaired) electrons. The van der Waals surface area contributed by atoms with Crippen molar-refractivity contribution in [3.05, 3.63) is 94.4 Å². The van der Waals surface area contributed by atoms with Crippen molar-refractivity contribution in [2.24, 2.45) is 0 Å². The molecule has 0 N–H and O–H groups in total. The maximum absolute atomic E-state index is 5.93. The second-order valence-electron chi connectivity index (χ2n) is 8.13. The van der Waals surface area contributed by atoms with E-state index >= 15 is 0 Å². The number of fused-ring (bicyclic) bond motifs is 3. The van der Waals surface area contributed by atoms with Gasteiger partial charge in [0, 0.05) is 32.6 Å². The van der Waals surface area contributed by atoms with Crippen LogP contribution in [-0.2, 0) is 45.5 Å². The molecule has 140 valence electrons. The van der Waals surface area contributed by atoms with Gasteiger partial charge in [-0.2, -0.15) is 0 Å². The van der Waals surface area contributed by atoms with Gasteiger partial charge in [-0.15, -0.1) is 0 Å². The molecule has 0 amide bonds. The van der Waals surface area contributed by atoms with Gasteiger partial charge >= 0.3 is 0 Å². The van der Waals surface area contributed by atoms with Gasteiger partial charge in [0.25, 0.3) is 0 Å². The summed E-state index contributed by atoms with van der Waals surface area (Å²) >= 11 is 0. The maximum atomic E-state index is 5.93. The van der Waals surface area contributed by atoms with Crippen LogP contribution in [0.15, 0.2) is 65.1 Å². The van der Waals surface area contributed by atoms with E-state index in [0.29, 0.717) is 0 Å². The van der Waals surface area contributed by atoms with Gasteiger partial charge in [-0.3, -0.25) is 0 Å². The van der Waals surface area contributed by atoms with E-state index in [1.54, 1.807) is 11.1 Å². The number of furan rings is 1. The van der Waals surface area contributed by atoms with Crippen LogP contribution in [0.1, 0.15) is 40.2 Å². The maximum Gasteiger partial charge on any atom is 0.130 e. The zero-order valence-corrected chi connectivity index (χ0v) is 19.0. The zero-order valence-electron chi connectivity index (χ0n) is 16.6. The first-order chi connectivity index (χ1) is 13.8. The van der Waals surface area contributed by atoms with Crippen molar-refractivity contribution in [1.29, 1.82) is 0 Å². The van der Waals surface area contributed by atoms with Gasteiger partial charge in [0.15, 0.2) is 0 Å². The number of benzene rings is 3. The Hall–Kier alpha value is -2.18. The molecule has 0 saturated carbocycles. The normalized spacial score (nSPS) is 14.4. The summed E-state index contributed by atoms with van der Waals surface area (Å²) in [6.07, 6.45) is 7.01. The Morgan fingerprint density at radius 3 is 2.52 bits per heavy atom. The fourth-order valence-corrected chi connectivity index (χ4v) is 5.00. The first-order valence-corrected chi connectivity index (χ1v) is 10.2. The summed E-state index contributed by atoms with van der Waals surface area (Å²) in [5, 5.41) is 2.62. The molecule has 0 bridgehead atoms. The summed E-state index contributed by atoms with van der Waals surface area (Å²) in [5.41, 5.74) is 10.1. The number of aryl methyl sites for hydroxylation is 2. The van der Waals surface area contributed by atoms with Gasteiger partial charge in [0.05, 0.1) is 0 Å². The topological polar surface area (TPSA) is 13.1 Å². The minimum atomic E-state index is 0. The molecule has 4 aromatic rings. The van der Waals surface area contributed by atoms with Crippen molar-refractivity contribution in [2.75, 3.05) is 0 Å². The third-order valence-corrected chi connectivity index (χ3v) is 6.32. The largest absolute Gasteiger partial charge is 0.462 e. The predicted molar refractivity (Wildman–Crippen MR) is 116 cm³/mol. The van der Waals surface area contributed by atoms with Crippen LogP contribution in [0, 0.1) is 6.92 Å². The molecule has 0 spiro atoms. The quantitative estimate of drug-likeness (QED) is 0.319. The van der Waals surface area contributed by atoms with Crippen LogP contribution in [0.4, 0.5) is 0 Å². The van der Waals surface area contributed by atoms with Crippen molar-refractivity contribution in [2.45, 2.75) is 32.6 Å². The Morgan fingerprint density at radius 1 is 0.828 bits per heavy atom. The molecule has 1 nitrogen and oxygen atoms in total. The standard InChI is InChI=1S/C27H22O.Zr/c1-17-9-12-26(28-17)23-15-22-14-20-7-4-8-24(20)27(25(22)16-23)21-11-10-18-5-2-3-6-19(18)13-21;/h2-3,5-6,9-14,16H,4,7-8,15H2,1H3;. The predicted octanol–water partition coefficient (Wildman–Crippen LogP) is 6.99. The number of allylic oxidation sites excluding steroid dienone is 1. The number of rotatable bonds is 2. The first-order valence-electron chi connectivity index (χ1n) is 10.2. The van der Waals surface area contributed by atoms with E-state index in [2.05, 4.69) is 66.7 Å². The molecule has 0 unspecified atom stereocenters. The summed E-state index contributed by atoms with van der Waals surface area (Å²) in [7, 11) is 0. The molecule has 2 aliphatic rings. The third-order valence-electron chi connectivity index (χ3n) is 6.32. The molecule has 29 heavy (non-hydrogen) atoms. The molecule has 1 heterocycles. The molecule has 2 heteroatoms. The van der Waals surface area contributed by atoms with E-state index in [1.807, 2.05) is 6.92 Å². The fourth-order valence-electron chi connectivity index (χ4n) is 5.00. The molecule has 6 rings (SSSR count). The molecular weight excluding hydrogens is 432 g/mol. The third kappa shape index (κ3) is 3.09. The summed E-state index contributed by atoms with van der Waals surface area (Å²) in [6, 6.07) is 22.2. The molecule has 3 aromatic carbocycles. The van der Waals surface area contributed by atoms with Crippen LogP contribution in [0.5, 0.6) is 0 Å². The van der Waals surface area contributed by atoms with Gasteiger partial charge in [-0.1, -0.05) is 42.5 Å². The van der Waals surface area contributed by atoms with E-state index < -0.39 is 0 Å². The minimum absolute atomic E-state index is 0. The summed E-state index contributed by atoms with van der Waals surface area (Å²) in [6.45, 7) is 2.02. The van der Waals surface area contributed by atoms with Crippen LogP contribution in [0.25, 0.3) is 33.5 Å². The van der Waals surface area contributed by atoms with Crippen LogP contribution in [0.3, 0.4) is 0 Å². The average Bonchev–Trinajstić information content (AvgIpc) is 3.44. The van der Waals surface area contributed by atoms with Crippen LogP contribution >= 0.6 is 0 Å². The Morgan fingerprint density at radius 2 is 1.69 bits per heavy atom. The summed E-state index contributed by atoms with van der Waals surface area (Å²) in [5.74, 6) is 1.99. The van der Waals surface area contributed by atoms with E-state index in [-0.39, 0.29) is 26.2 Å². The molecule has 1 aromatic heterocycles. The van der Waals surface area contributed by atoms with Crippen LogP contribution in [0.2, 0.25) is 0 Å². The minimum Gasteiger partial charge on any atom is -0.462 e. The van der Waals surface area contributed by atoms with Crippen LogP contribution in [-0.4, -0.2) is 0 Å². The van der Waals surface area contributed by atoms with Gasteiger partial charge in [0.2, 0.25) is 0 Å². The van der Waals surface area contributed by atoms with E-state index in [9.17, 15) is 0 Å². The molecule has 0 atom stereocenters. The van der Waals surface area contributed by atoms with Crippen molar-refractivity contribution in [3.8, 4) is 11.1 Å². The van der Waals surface area contributed by atoms with E-state index in [4.69, 9.17) is 4.42 Å². The Balaban J connectivity index is 0.00000181. The second-order valence-corrected chi connectivity index (χ2v) is 8.13. The second kappa shape index (κ2) is 7.26. The Labute approximate surface area is 190 Å². The number of hydrogen-bond donors (Lipinski definition) is 0. The summed E-state index contributed by atoms with van der Waals surface area (Å²) < 4.78 is 5.93. The monoisotopic (exact) mass is 452 g/mol. The van der Waals surface area contributed by atoms with Gasteiger partial charge in [0.1, 0.15) is 11.5 Å². The van der Waals surface area contributed by atoms with Gasteiger partial charge < -0.3 is 4.42 Å². The van der Waals surface area contributed by atoms with Crippen molar-refractivity contribution in [1.82, 2.24) is 0 Å². The molecule has 0 saturated heterocycles. The zero-order chi connectivity index (χ0) is 18.7. The number of hydrogen-bond acceptors (Lipinski definition) is 1. The van der Waals surface area contributed by atoms with Crippen LogP contribution < -0.4 is 0 Å².